The summed E-state index contributed by atoms with van der Waals surface area (Å²) in [6.07, 6.45) is 1.57. The minimum atomic E-state index is -0.934. The lowest BCUT2D eigenvalue weighted by Crippen LogP contribution is -2.23. The summed E-state index contributed by atoms with van der Waals surface area (Å²) in [7, 11) is 3.28. The first-order valence-electron chi connectivity index (χ1n) is 6.71. The van der Waals surface area contributed by atoms with E-state index in [4.69, 9.17) is 9.47 Å². The van der Waals surface area contributed by atoms with E-state index in [2.05, 4.69) is 0 Å². The van der Waals surface area contributed by atoms with E-state index in [0.29, 0.717) is 6.42 Å². The van der Waals surface area contributed by atoms with Crippen LogP contribution in [0.5, 0.6) is 11.5 Å². The van der Waals surface area contributed by atoms with Gasteiger partial charge in [-0.1, -0.05) is 18.2 Å². The van der Waals surface area contributed by atoms with Gasteiger partial charge in [-0.25, -0.2) is 0 Å². The Labute approximate surface area is 118 Å². The SMILES string of the molecule is COc1ccc(C2(O)CCc3ccc(OC)cc32)cc1. The van der Waals surface area contributed by atoms with Crippen molar-refractivity contribution in [3.8, 4) is 11.5 Å². The van der Waals surface area contributed by atoms with Gasteiger partial charge in [0.15, 0.2) is 0 Å². The molecule has 104 valence electrons. The van der Waals surface area contributed by atoms with Crippen molar-refractivity contribution >= 4 is 0 Å². The highest BCUT2D eigenvalue weighted by atomic mass is 16.5. The lowest BCUT2D eigenvalue weighted by Gasteiger charge is -2.25. The van der Waals surface area contributed by atoms with E-state index in [1.54, 1.807) is 14.2 Å². The summed E-state index contributed by atoms with van der Waals surface area (Å²) in [4.78, 5) is 0. The number of rotatable bonds is 3. The zero-order valence-electron chi connectivity index (χ0n) is 11.7. The first-order valence-corrected chi connectivity index (χ1v) is 6.71. The van der Waals surface area contributed by atoms with E-state index in [-0.39, 0.29) is 0 Å². The van der Waals surface area contributed by atoms with Crippen molar-refractivity contribution in [3.63, 3.8) is 0 Å². The molecule has 0 spiro atoms. The first-order chi connectivity index (χ1) is 9.67. The molecular formula is C17H18O3. The lowest BCUT2D eigenvalue weighted by molar-refractivity contribution is 0.0827. The monoisotopic (exact) mass is 270 g/mol. The van der Waals surface area contributed by atoms with Gasteiger partial charge in [0.25, 0.3) is 0 Å². The summed E-state index contributed by atoms with van der Waals surface area (Å²) in [6.45, 7) is 0. The Kier molecular flexibility index (Phi) is 3.14. The van der Waals surface area contributed by atoms with Gasteiger partial charge in [-0.2, -0.15) is 0 Å². The second kappa shape index (κ2) is 4.84. The molecule has 0 aliphatic heterocycles. The maximum absolute atomic E-state index is 11.1. The van der Waals surface area contributed by atoms with Gasteiger partial charge < -0.3 is 14.6 Å². The third kappa shape index (κ3) is 1.95. The second-order valence-corrected chi connectivity index (χ2v) is 5.11. The van der Waals surface area contributed by atoms with E-state index in [0.717, 1.165) is 29.0 Å². The zero-order chi connectivity index (χ0) is 14.2. The smallest absolute Gasteiger partial charge is 0.119 e. The van der Waals surface area contributed by atoms with Gasteiger partial charge >= 0.3 is 0 Å². The quantitative estimate of drug-likeness (QED) is 0.932. The number of benzene rings is 2. The molecule has 1 aliphatic rings. The predicted octanol–water partition coefficient (Wildman–Crippen LogP) is 2.89. The second-order valence-electron chi connectivity index (χ2n) is 5.11. The molecule has 0 bridgehead atoms. The molecule has 0 saturated carbocycles. The number of ether oxygens (including phenoxy) is 2. The van der Waals surface area contributed by atoms with E-state index >= 15 is 0 Å². The minimum absolute atomic E-state index is 0.696. The van der Waals surface area contributed by atoms with Crippen LogP contribution in [0.2, 0.25) is 0 Å². The maximum atomic E-state index is 11.1. The molecule has 0 aromatic heterocycles. The van der Waals surface area contributed by atoms with Gasteiger partial charge in [-0.15, -0.1) is 0 Å². The average molecular weight is 270 g/mol. The van der Waals surface area contributed by atoms with Crippen LogP contribution in [-0.2, 0) is 12.0 Å². The van der Waals surface area contributed by atoms with Crippen LogP contribution in [-0.4, -0.2) is 19.3 Å². The molecule has 0 saturated heterocycles. The maximum Gasteiger partial charge on any atom is 0.119 e. The molecule has 0 fully saturated rings. The molecular weight excluding hydrogens is 252 g/mol. The van der Waals surface area contributed by atoms with Gasteiger partial charge in [0.1, 0.15) is 17.1 Å². The van der Waals surface area contributed by atoms with Crippen molar-refractivity contribution in [3.05, 3.63) is 59.2 Å². The molecule has 0 heterocycles. The van der Waals surface area contributed by atoms with E-state index in [9.17, 15) is 5.11 Å². The van der Waals surface area contributed by atoms with Crippen molar-refractivity contribution in [2.45, 2.75) is 18.4 Å². The summed E-state index contributed by atoms with van der Waals surface area (Å²) in [6, 6.07) is 13.5. The Morgan fingerprint density at radius 1 is 0.950 bits per heavy atom. The van der Waals surface area contributed by atoms with Gasteiger partial charge in [-0.05, 0) is 53.8 Å². The summed E-state index contributed by atoms with van der Waals surface area (Å²) in [5.41, 5.74) is 2.09. The Morgan fingerprint density at radius 3 is 2.25 bits per heavy atom. The third-order valence-electron chi connectivity index (χ3n) is 4.09. The standard InChI is InChI=1S/C17H18O3/c1-19-14-7-4-13(5-8-14)17(18)10-9-12-3-6-15(20-2)11-16(12)17/h3-8,11,18H,9-10H2,1-2H3. The Hall–Kier alpha value is -2.00. The molecule has 3 nitrogen and oxygen atoms in total. The highest BCUT2D eigenvalue weighted by Crippen LogP contribution is 2.43. The molecule has 3 heteroatoms. The van der Waals surface area contributed by atoms with Crippen molar-refractivity contribution in [1.29, 1.82) is 0 Å². The Bertz CT molecular complexity index is 619. The molecule has 1 N–H and O–H groups in total. The van der Waals surface area contributed by atoms with Crippen molar-refractivity contribution < 1.29 is 14.6 Å². The third-order valence-corrected chi connectivity index (χ3v) is 4.09. The largest absolute Gasteiger partial charge is 0.497 e. The average Bonchev–Trinajstić information content (AvgIpc) is 2.85. The molecule has 0 amide bonds. The highest BCUT2D eigenvalue weighted by molar-refractivity contribution is 5.49. The summed E-state index contributed by atoms with van der Waals surface area (Å²) < 4.78 is 10.4. The Balaban J connectivity index is 2.06. The normalized spacial score (nSPS) is 20.6. The fourth-order valence-corrected chi connectivity index (χ4v) is 2.90. The van der Waals surface area contributed by atoms with Crippen LogP contribution in [0.4, 0.5) is 0 Å². The molecule has 2 aromatic carbocycles. The predicted molar refractivity (Wildman–Crippen MR) is 77.3 cm³/mol. The summed E-state index contributed by atoms with van der Waals surface area (Å²) in [5, 5.41) is 11.1. The van der Waals surface area contributed by atoms with Crippen LogP contribution < -0.4 is 9.47 Å². The molecule has 2 aromatic rings. The van der Waals surface area contributed by atoms with Crippen LogP contribution >= 0.6 is 0 Å². The van der Waals surface area contributed by atoms with Crippen LogP contribution in [0.3, 0.4) is 0 Å². The highest BCUT2D eigenvalue weighted by Gasteiger charge is 2.38. The molecule has 1 atom stereocenters. The van der Waals surface area contributed by atoms with Crippen LogP contribution in [0.25, 0.3) is 0 Å². The van der Waals surface area contributed by atoms with Gasteiger partial charge in [0.05, 0.1) is 14.2 Å². The van der Waals surface area contributed by atoms with Crippen LogP contribution in [0.1, 0.15) is 23.1 Å². The number of methoxy groups -OCH3 is 2. The number of hydrogen-bond acceptors (Lipinski definition) is 3. The van der Waals surface area contributed by atoms with Crippen molar-refractivity contribution in [2.75, 3.05) is 14.2 Å². The number of aryl methyl sites for hydroxylation is 1. The number of fused-ring (bicyclic) bond motifs is 1. The molecule has 1 aliphatic carbocycles. The zero-order valence-corrected chi connectivity index (χ0v) is 11.7. The Morgan fingerprint density at radius 2 is 1.60 bits per heavy atom. The first kappa shape index (κ1) is 13.0. The van der Waals surface area contributed by atoms with Gasteiger partial charge in [0, 0.05) is 0 Å². The van der Waals surface area contributed by atoms with E-state index < -0.39 is 5.60 Å². The van der Waals surface area contributed by atoms with Gasteiger partial charge in [-0.3, -0.25) is 0 Å². The van der Waals surface area contributed by atoms with E-state index in [1.807, 2.05) is 42.5 Å². The van der Waals surface area contributed by atoms with Crippen molar-refractivity contribution in [1.82, 2.24) is 0 Å². The summed E-state index contributed by atoms with van der Waals surface area (Å²) in [5.74, 6) is 1.57. The fraction of sp³-hybridized carbons (Fsp3) is 0.294. The van der Waals surface area contributed by atoms with Crippen LogP contribution in [0, 0.1) is 0 Å². The number of aliphatic hydroxyl groups is 1. The molecule has 0 radical (unpaired) electrons. The van der Waals surface area contributed by atoms with Gasteiger partial charge in [0.2, 0.25) is 0 Å². The van der Waals surface area contributed by atoms with Crippen LogP contribution in [0.15, 0.2) is 42.5 Å². The van der Waals surface area contributed by atoms with Crippen molar-refractivity contribution in [2.24, 2.45) is 0 Å². The molecule has 20 heavy (non-hydrogen) atoms. The lowest BCUT2D eigenvalue weighted by atomic mass is 9.88. The number of hydrogen-bond donors (Lipinski definition) is 1. The topological polar surface area (TPSA) is 38.7 Å². The molecule has 3 rings (SSSR count). The minimum Gasteiger partial charge on any atom is -0.497 e. The fourth-order valence-electron chi connectivity index (χ4n) is 2.90. The summed E-state index contributed by atoms with van der Waals surface area (Å²) >= 11 is 0. The molecule has 1 unspecified atom stereocenters. The van der Waals surface area contributed by atoms with E-state index in [1.165, 1.54) is 5.56 Å².